The standard InChI is InChI=1S/C13H10N4O6/c1-8(18)13-5-3-10(23-13)7-14-15-11-4-2-9(16(19)20)6-12(11)17(21)22/h2-7,15H,1H3/b14-7-. The van der Waals surface area contributed by atoms with Gasteiger partial charge in [-0.1, -0.05) is 0 Å². The van der Waals surface area contributed by atoms with Crippen molar-refractivity contribution in [1.82, 2.24) is 0 Å². The van der Waals surface area contributed by atoms with Gasteiger partial charge in [-0.3, -0.25) is 30.4 Å². The molecule has 0 spiro atoms. The molecule has 0 aliphatic rings. The van der Waals surface area contributed by atoms with Gasteiger partial charge in [-0.15, -0.1) is 0 Å². The number of nitrogens with one attached hydrogen (secondary N) is 1. The van der Waals surface area contributed by atoms with Crippen molar-refractivity contribution in [2.75, 3.05) is 5.43 Å². The number of ketones is 1. The Morgan fingerprint density at radius 2 is 1.96 bits per heavy atom. The van der Waals surface area contributed by atoms with Gasteiger partial charge >= 0.3 is 5.69 Å². The number of hydrazone groups is 1. The van der Waals surface area contributed by atoms with E-state index in [0.717, 1.165) is 12.1 Å². The molecule has 0 aliphatic carbocycles. The zero-order chi connectivity index (χ0) is 17.0. The maximum Gasteiger partial charge on any atom is 0.301 e. The molecule has 0 atom stereocenters. The van der Waals surface area contributed by atoms with Crippen LogP contribution in [0.25, 0.3) is 0 Å². The van der Waals surface area contributed by atoms with Gasteiger partial charge in [0.25, 0.3) is 5.69 Å². The van der Waals surface area contributed by atoms with Crippen molar-refractivity contribution >= 4 is 29.1 Å². The van der Waals surface area contributed by atoms with Crippen molar-refractivity contribution in [3.63, 3.8) is 0 Å². The van der Waals surface area contributed by atoms with E-state index in [2.05, 4.69) is 10.5 Å². The summed E-state index contributed by atoms with van der Waals surface area (Å²) in [6, 6.07) is 6.10. The van der Waals surface area contributed by atoms with Crippen LogP contribution in [0.3, 0.4) is 0 Å². The van der Waals surface area contributed by atoms with Gasteiger partial charge in [0, 0.05) is 13.0 Å². The molecule has 0 saturated carbocycles. The summed E-state index contributed by atoms with van der Waals surface area (Å²) in [5.41, 5.74) is 1.50. The highest BCUT2D eigenvalue weighted by molar-refractivity contribution is 5.92. The van der Waals surface area contributed by atoms with Crippen LogP contribution >= 0.6 is 0 Å². The number of benzene rings is 1. The summed E-state index contributed by atoms with van der Waals surface area (Å²) >= 11 is 0. The van der Waals surface area contributed by atoms with E-state index in [-0.39, 0.29) is 23.0 Å². The molecule has 118 valence electrons. The average molecular weight is 318 g/mol. The molecule has 1 aromatic carbocycles. The Balaban J connectivity index is 2.18. The first-order valence-electron chi connectivity index (χ1n) is 6.21. The Kier molecular flexibility index (Phi) is 4.45. The lowest BCUT2D eigenvalue weighted by Crippen LogP contribution is -1.98. The van der Waals surface area contributed by atoms with Crippen LogP contribution in [-0.2, 0) is 0 Å². The van der Waals surface area contributed by atoms with Crippen LogP contribution in [-0.4, -0.2) is 21.8 Å². The van der Waals surface area contributed by atoms with Gasteiger partial charge in [-0.05, 0) is 18.2 Å². The Morgan fingerprint density at radius 3 is 2.52 bits per heavy atom. The summed E-state index contributed by atoms with van der Waals surface area (Å²) in [7, 11) is 0. The van der Waals surface area contributed by atoms with Crippen molar-refractivity contribution in [3.05, 3.63) is 62.1 Å². The van der Waals surface area contributed by atoms with E-state index in [1.165, 1.54) is 31.3 Å². The molecule has 0 aliphatic heterocycles. The number of furan rings is 1. The number of hydrogen-bond donors (Lipinski definition) is 1. The second kappa shape index (κ2) is 6.47. The van der Waals surface area contributed by atoms with E-state index < -0.39 is 21.2 Å². The second-order valence-corrected chi connectivity index (χ2v) is 4.34. The maximum absolute atomic E-state index is 11.1. The first-order valence-corrected chi connectivity index (χ1v) is 6.21. The normalized spacial score (nSPS) is 10.7. The summed E-state index contributed by atoms with van der Waals surface area (Å²) < 4.78 is 5.15. The third kappa shape index (κ3) is 3.75. The fraction of sp³-hybridized carbons (Fsp3) is 0.0769. The summed E-state index contributed by atoms with van der Waals surface area (Å²) in [6.07, 6.45) is 1.22. The lowest BCUT2D eigenvalue weighted by molar-refractivity contribution is -0.393. The van der Waals surface area contributed by atoms with Crippen LogP contribution in [0.2, 0.25) is 0 Å². The van der Waals surface area contributed by atoms with Crippen molar-refractivity contribution in [2.24, 2.45) is 5.10 Å². The predicted molar refractivity (Wildman–Crippen MR) is 79.7 cm³/mol. The van der Waals surface area contributed by atoms with Crippen LogP contribution in [0.5, 0.6) is 0 Å². The zero-order valence-corrected chi connectivity index (χ0v) is 11.8. The Labute approximate surface area is 128 Å². The highest BCUT2D eigenvalue weighted by Crippen LogP contribution is 2.28. The van der Waals surface area contributed by atoms with E-state index in [0.29, 0.717) is 0 Å². The lowest BCUT2D eigenvalue weighted by atomic mass is 10.2. The number of carbonyl (C=O) groups excluding carboxylic acids is 1. The van der Waals surface area contributed by atoms with Crippen molar-refractivity contribution in [3.8, 4) is 0 Å². The van der Waals surface area contributed by atoms with E-state index >= 15 is 0 Å². The Morgan fingerprint density at radius 1 is 1.22 bits per heavy atom. The highest BCUT2D eigenvalue weighted by atomic mass is 16.6. The van der Waals surface area contributed by atoms with E-state index in [9.17, 15) is 25.0 Å². The maximum atomic E-state index is 11.1. The Bertz CT molecular complexity index is 811. The number of nitro benzene ring substituents is 2. The van der Waals surface area contributed by atoms with E-state index in [1.54, 1.807) is 0 Å². The summed E-state index contributed by atoms with van der Waals surface area (Å²) in [6.45, 7) is 1.35. The number of nitrogens with zero attached hydrogens (tertiary/aromatic N) is 3. The molecule has 0 radical (unpaired) electrons. The molecular formula is C13H10N4O6. The van der Waals surface area contributed by atoms with Crippen molar-refractivity contribution < 1.29 is 19.1 Å². The molecule has 0 saturated heterocycles. The van der Waals surface area contributed by atoms with Crippen LogP contribution in [0.4, 0.5) is 17.1 Å². The van der Waals surface area contributed by atoms with E-state index in [4.69, 9.17) is 4.42 Å². The molecule has 1 aromatic heterocycles. The monoisotopic (exact) mass is 318 g/mol. The van der Waals surface area contributed by atoms with Crippen molar-refractivity contribution in [2.45, 2.75) is 6.92 Å². The number of nitro groups is 2. The fourth-order valence-electron chi connectivity index (χ4n) is 1.66. The van der Waals surface area contributed by atoms with Gasteiger partial charge < -0.3 is 4.42 Å². The molecular weight excluding hydrogens is 308 g/mol. The smallest absolute Gasteiger partial charge is 0.301 e. The van der Waals surface area contributed by atoms with Crippen LogP contribution in [0.15, 0.2) is 39.9 Å². The number of hydrogen-bond acceptors (Lipinski definition) is 8. The first-order chi connectivity index (χ1) is 10.9. The summed E-state index contributed by atoms with van der Waals surface area (Å²) in [5, 5.41) is 25.3. The third-order valence-electron chi connectivity index (χ3n) is 2.74. The van der Waals surface area contributed by atoms with Gasteiger partial charge in [0.15, 0.2) is 11.5 Å². The zero-order valence-electron chi connectivity index (χ0n) is 11.8. The van der Waals surface area contributed by atoms with Crippen LogP contribution in [0, 0.1) is 20.2 Å². The molecule has 0 fully saturated rings. The molecule has 10 heteroatoms. The molecule has 23 heavy (non-hydrogen) atoms. The molecule has 2 aromatic rings. The fourth-order valence-corrected chi connectivity index (χ4v) is 1.66. The van der Waals surface area contributed by atoms with Gasteiger partial charge in [0.2, 0.25) is 0 Å². The lowest BCUT2D eigenvalue weighted by Gasteiger charge is -2.01. The largest absolute Gasteiger partial charge is 0.452 e. The number of carbonyl (C=O) groups is 1. The van der Waals surface area contributed by atoms with E-state index in [1.807, 2.05) is 0 Å². The minimum absolute atomic E-state index is 0.0183. The minimum atomic E-state index is -0.758. The molecule has 10 nitrogen and oxygen atoms in total. The number of rotatable bonds is 6. The van der Waals surface area contributed by atoms with Crippen molar-refractivity contribution in [1.29, 1.82) is 0 Å². The second-order valence-electron chi connectivity index (χ2n) is 4.34. The van der Waals surface area contributed by atoms with Gasteiger partial charge in [-0.2, -0.15) is 5.10 Å². The average Bonchev–Trinajstić information content (AvgIpc) is 2.96. The van der Waals surface area contributed by atoms with Crippen LogP contribution < -0.4 is 5.43 Å². The van der Waals surface area contributed by atoms with Gasteiger partial charge in [-0.25, -0.2) is 0 Å². The molecule has 0 unspecified atom stereocenters. The highest BCUT2D eigenvalue weighted by Gasteiger charge is 2.19. The quantitative estimate of drug-likeness (QED) is 0.373. The SMILES string of the molecule is CC(=O)c1ccc(/C=N\Nc2ccc([N+](=O)[O-])cc2[N+](=O)[O-])o1. The first kappa shape index (κ1) is 15.8. The molecule has 0 amide bonds. The predicted octanol–water partition coefficient (Wildman–Crippen LogP) is 2.74. The molecule has 0 bridgehead atoms. The Hall–Kier alpha value is -3.56. The van der Waals surface area contributed by atoms with Gasteiger partial charge in [0.1, 0.15) is 11.4 Å². The summed E-state index contributed by atoms with van der Waals surface area (Å²) in [4.78, 5) is 31.2. The topological polar surface area (TPSA) is 141 Å². The van der Waals surface area contributed by atoms with Crippen LogP contribution in [0.1, 0.15) is 23.2 Å². The number of non-ortho nitro benzene ring substituents is 1. The van der Waals surface area contributed by atoms with Gasteiger partial charge in [0.05, 0.1) is 22.1 Å². The molecule has 1 N–H and O–H groups in total. The number of Topliss-reactive ketones (excluding diaryl/α,β-unsaturated/α-hetero) is 1. The third-order valence-corrected chi connectivity index (χ3v) is 2.74. The number of anilines is 1. The summed E-state index contributed by atoms with van der Waals surface area (Å²) in [5.74, 6) is 0.184. The molecule has 1 heterocycles. The molecule has 2 rings (SSSR count). The minimum Gasteiger partial charge on any atom is -0.452 e.